The fraction of sp³-hybridized carbons (Fsp3) is 0.830. The molecule has 1 saturated heterocycles. The number of rotatable bonds is 44. The molecule has 372 valence electrons. The topological polar surface area (TPSA) is 169 Å². The summed E-state index contributed by atoms with van der Waals surface area (Å²) >= 11 is 0. The minimum Gasteiger partial charge on any atom is -0.479 e. The summed E-state index contributed by atoms with van der Waals surface area (Å²) in [5, 5.41) is 39.9. The Balaban J connectivity index is 2.30. The summed E-state index contributed by atoms with van der Waals surface area (Å²) in [6, 6.07) is 0. The molecule has 1 aliphatic rings. The zero-order chi connectivity index (χ0) is 46.7. The zero-order valence-electron chi connectivity index (χ0n) is 40.5. The predicted octanol–water partition coefficient (Wildman–Crippen LogP) is 12.3. The molecular formula is C53H94O11. The van der Waals surface area contributed by atoms with Crippen LogP contribution in [0.2, 0.25) is 0 Å². The van der Waals surface area contributed by atoms with Gasteiger partial charge in [-0.2, -0.15) is 0 Å². The van der Waals surface area contributed by atoms with Crippen LogP contribution in [0.1, 0.15) is 232 Å². The smallest absolute Gasteiger partial charge is 0.335 e. The number of aliphatic hydroxyl groups is 3. The van der Waals surface area contributed by atoms with E-state index in [1.165, 1.54) is 141 Å². The average Bonchev–Trinajstić information content (AvgIpc) is 3.28. The zero-order valence-corrected chi connectivity index (χ0v) is 40.5. The maximum atomic E-state index is 12.8. The maximum Gasteiger partial charge on any atom is 0.335 e. The number of carboxylic acid groups (broad SMARTS) is 1. The van der Waals surface area contributed by atoms with Gasteiger partial charge in [0.15, 0.2) is 18.5 Å². The van der Waals surface area contributed by atoms with Crippen LogP contribution in [0.3, 0.4) is 0 Å². The quantitative estimate of drug-likeness (QED) is 0.0261. The van der Waals surface area contributed by atoms with Crippen molar-refractivity contribution in [1.82, 2.24) is 0 Å². The Kier molecular flexibility index (Phi) is 40.0. The van der Waals surface area contributed by atoms with Gasteiger partial charge in [-0.1, -0.05) is 185 Å². The van der Waals surface area contributed by atoms with Crippen molar-refractivity contribution in [3.63, 3.8) is 0 Å². The fourth-order valence-corrected chi connectivity index (χ4v) is 7.85. The summed E-state index contributed by atoms with van der Waals surface area (Å²) in [5.41, 5.74) is 0. The van der Waals surface area contributed by atoms with Crippen molar-refractivity contribution in [2.24, 2.45) is 0 Å². The van der Waals surface area contributed by atoms with Crippen LogP contribution in [0.5, 0.6) is 0 Å². The van der Waals surface area contributed by atoms with Gasteiger partial charge in [0.1, 0.15) is 24.9 Å². The number of aliphatic hydroxyl groups excluding tert-OH is 3. The molecule has 1 fully saturated rings. The van der Waals surface area contributed by atoms with Crippen LogP contribution in [-0.4, -0.2) is 88.4 Å². The Hall–Kier alpha value is -2.57. The van der Waals surface area contributed by atoms with E-state index in [1.807, 2.05) is 0 Å². The van der Waals surface area contributed by atoms with E-state index in [0.29, 0.717) is 12.8 Å². The molecule has 0 aliphatic carbocycles. The number of hydrogen-bond acceptors (Lipinski definition) is 10. The Morgan fingerprint density at radius 3 is 1.34 bits per heavy atom. The van der Waals surface area contributed by atoms with Crippen LogP contribution in [0.15, 0.2) is 36.5 Å². The highest BCUT2D eigenvalue weighted by Crippen LogP contribution is 2.23. The highest BCUT2D eigenvalue weighted by Gasteiger charge is 2.47. The second kappa shape index (κ2) is 43.0. The number of hydrogen-bond donors (Lipinski definition) is 4. The molecule has 11 nitrogen and oxygen atoms in total. The number of ether oxygens (including phenoxy) is 4. The van der Waals surface area contributed by atoms with Crippen molar-refractivity contribution in [2.75, 3.05) is 13.2 Å². The Labute approximate surface area is 389 Å². The SMILES string of the molecule is CCCCC/C=C\C/C=C\CCCCCCCCCCCC(=O)OCC(COC1OC(C(=O)O)C(O)C(O)C1O)OC(=O)CCCCCCCCCCC/C=C\CCCCCCCC. The lowest BCUT2D eigenvalue weighted by atomic mass is 9.99. The van der Waals surface area contributed by atoms with Crippen molar-refractivity contribution in [1.29, 1.82) is 0 Å². The van der Waals surface area contributed by atoms with Crippen molar-refractivity contribution in [3.05, 3.63) is 36.5 Å². The molecule has 4 N–H and O–H groups in total. The Bertz CT molecular complexity index is 1200. The number of carbonyl (C=O) groups excluding carboxylic acids is 2. The van der Waals surface area contributed by atoms with Gasteiger partial charge in [0.25, 0.3) is 0 Å². The Morgan fingerprint density at radius 2 is 0.875 bits per heavy atom. The average molecular weight is 907 g/mol. The minimum atomic E-state index is -1.86. The van der Waals surface area contributed by atoms with Gasteiger partial charge in [0, 0.05) is 12.8 Å². The van der Waals surface area contributed by atoms with Crippen molar-refractivity contribution in [2.45, 2.75) is 269 Å². The molecule has 1 aliphatic heterocycles. The lowest BCUT2D eigenvalue weighted by Crippen LogP contribution is -2.60. The third kappa shape index (κ3) is 33.8. The molecule has 11 heteroatoms. The molecule has 64 heavy (non-hydrogen) atoms. The molecule has 1 heterocycles. The molecule has 0 amide bonds. The molecule has 0 aromatic carbocycles. The number of unbranched alkanes of at least 4 members (excludes halogenated alkanes) is 27. The fourth-order valence-electron chi connectivity index (χ4n) is 7.85. The molecule has 0 aromatic rings. The first-order valence-corrected chi connectivity index (χ1v) is 26.0. The van der Waals surface area contributed by atoms with Crippen LogP contribution in [0.4, 0.5) is 0 Å². The van der Waals surface area contributed by atoms with E-state index in [9.17, 15) is 34.8 Å². The minimum absolute atomic E-state index is 0.181. The summed E-state index contributed by atoms with van der Waals surface area (Å²) in [7, 11) is 0. The number of carboxylic acids is 1. The second-order valence-corrected chi connectivity index (χ2v) is 18.0. The molecular weight excluding hydrogens is 813 g/mol. The standard InChI is InChI=1S/C53H94O11/c1-3-5-7-9-11-13-15-17-19-21-23-25-27-29-31-33-35-37-39-41-46(54)61-43-45(44-62-53-50(58)48(56)49(57)51(64-53)52(59)60)63-47(55)42-40-38-36-34-32-30-28-26-24-22-20-18-16-14-12-10-8-6-4-2/h11,13,17-20,45,48-51,53,56-58H,3-10,12,14-16,21-44H2,1-2H3,(H,59,60)/b13-11-,19-17-,20-18-. The van der Waals surface area contributed by atoms with Crippen LogP contribution < -0.4 is 0 Å². The van der Waals surface area contributed by atoms with Crippen LogP contribution >= 0.6 is 0 Å². The van der Waals surface area contributed by atoms with Crippen molar-refractivity contribution >= 4 is 17.9 Å². The lowest BCUT2D eigenvalue weighted by molar-refractivity contribution is -0.298. The van der Waals surface area contributed by atoms with Crippen LogP contribution in [0.25, 0.3) is 0 Å². The highest BCUT2D eigenvalue weighted by molar-refractivity contribution is 5.73. The van der Waals surface area contributed by atoms with Crippen molar-refractivity contribution < 1.29 is 53.8 Å². The maximum absolute atomic E-state index is 12.8. The first-order valence-electron chi connectivity index (χ1n) is 26.0. The third-order valence-electron chi connectivity index (χ3n) is 12.0. The van der Waals surface area contributed by atoms with Crippen LogP contribution in [0, 0.1) is 0 Å². The van der Waals surface area contributed by atoms with Crippen LogP contribution in [-0.2, 0) is 33.3 Å². The second-order valence-electron chi connectivity index (χ2n) is 18.0. The van der Waals surface area contributed by atoms with Gasteiger partial charge in [-0.25, -0.2) is 4.79 Å². The van der Waals surface area contributed by atoms with Gasteiger partial charge in [-0.05, 0) is 70.6 Å². The van der Waals surface area contributed by atoms with E-state index in [0.717, 1.165) is 51.4 Å². The van der Waals surface area contributed by atoms with E-state index < -0.39 is 54.7 Å². The van der Waals surface area contributed by atoms with E-state index in [-0.39, 0.29) is 26.1 Å². The first kappa shape index (κ1) is 59.4. The largest absolute Gasteiger partial charge is 0.479 e. The summed E-state index contributed by atoms with van der Waals surface area (Å²) in [6.07, 6.45) is 41.9. The monoisotopic (exact) mass is 907 g/mol. The van der Waals surface area contributed by atoms with Gasteiger partial charge < -0.3 is 39.4 Å². The van der Waals surface area contributed by atoms with Gasteiger partial charge in [0.2, 0.25) is 0 Å². The summed E-state index contributed by atoms with van der Waals surface area (Å²) < 4.78 is 21.8. The molecule has 0 spiro atoms. The molecule has 0 saturated carbocycles. The third-order valence-corrected chi connectivity index (χ3v) is 12.0. The molecule has 0 bridgehead atoms. The predicted molar refractivity (Wildman–Crippen MR) is 257 cm³/mol. The molecule has 0 radical (unpaired) electrons. The summed E-state index contributed by atoms with van der Waals surface area (Å²) in [4.78, 5) is 37.0. The molecule has 6 unspecified atom stereocenters. The van der Waals surface area contributed by atoms with E-state index in [1.54, 1.807) is 0 Å². The molecule has 6 atom stereocenters. The molecule has 1 rings (SSSR count). The van der Waals surface area contributed by atoms with Gasteiger partial charge in [0.05, 0.1) is 6.61 Å². The number of carbonyl (C=O) groups is 3. The summed E-state index contributed by atoms with van der Waals surface area (Å²) in [5.74, 6) is -2.44. The van der Waals surface area contributed by atoms with E-state index >= 15 is 0 Å². The number of aliphatic carboxylic acids is 1. The number of esters is 2. The van der Waals surface area contributed by atoms with Gasteiger partial charge >= 0.3 is 17.9 Å². The highest BCUT2D eigenvalue weighted by atomic mass is 16.7. The lowest BCUT2D eigenvalue weighted by Gasteiger charge is -2.38. The van der Waals surface area contributed by atoms with Gasteiger partial charge in [-0.15, -0.1) is 0 Å². The van der Waals surface area contributed by atoms with Gasteiger partial charge in [-0.3, -0.25) is 9.59 Å². The number of allylic oxidation sites excluding steroid dienone is 6. The molecule has 0 aromatic heterocycles. The van der Waals surface area contributed by atoms with E-state index in [2.05, 4.69) is 50.3 Å². The van der Waals surface area contributed by atoms with E-state index in [4.69, 9.17) is 18.9 Å². The summed E-state index contributed by atoms with van der Waals surface area (Å²) in [6.45, 7) is 3.81. The Morgan fingerprint density at radius 1 is 0.484 bits per heavy atom. The first-order chi connectivity index (χ1) is 31.2. The normalized spacial score (nSPS) is 19.5. The van der Waals surface area contributed by atoms with Crippen molar-refractivity contribution in [3.8, 4) is 0 Å².